The van der Waals surface area contributed by atoms with Gasteiger partial charge in [0.25, 0.3) is 0 Å². The molecule has 2 fully saturated rings. The molecule has 1 aliphatic heterocycles. The fraction of sp³-hybridized carbons (Fsp3) is 0.500. The van der Waals surface area contributed by atoms with Crippen molar-refractivity contribution in [1.82, 2.24) is 15.1 Å². The van der Waals surface area contributed by atoms with Crippen molar-refractivity contribution in [2.75, 3.05) is 26.2 Å². The van der Waals surface area contributed by atoms with Gasteiger partial charge in [-0.1, -0.05) is 23.7 Å². The van der Waals surface area contributed by atoms with Gasteiger partial charge >= 0.3 is 0 Å². The van der Waals surface area contributed by atoms with Crippen molar-refractivity contribution in [3.63, 3.8) is 0 Å². The minimum Gasteiger partial charge on any atom is -0.352 e. The highest BCUT2D eigenvalue weighted by atomic mass is 35.5. The third-order valence-electron chi connectivity index (χ3n) is 4.86. The molecule has 1 heterocycles. The normalized spacial score (nSPS) is 22.5. The molecule has 3 amide bonds. The lowest BCUT2D eigenvalue weighted by atomic mass is 10.2. The Hall–Kier alpha value is -2.08. The van der Waals surface area contributed by atoms with E-state index in [0.29, 0.717) is 44.2 Å². The number of amides is 3. The first-order valence-electron chi connectivity index (χ1n) is 8.52. The fourth-order valence-corrected chi connectivity index (χ4v) is 3.28. The zero-order valence-corrected chi connectivity index (χ0v) is 15.0. The van der Waals surface area contributed by atoms with E-state index in [1.54, 1.807) is 28.9 Å². The molecule has 1 aliphatic carbocycles. The average molecular weight is 364 g/mol. The van der Waals surface area contributed by atoms with Crippen LogP contribution < -0.4 is 5.32 Å². The monoisotopic (exact) mass is 363 g/mol. The Labute approximate surface area is 152 Å². The zero-order chi connectivity index (χ0) is 18.0. The van der Waals surface area contributed by atoms with E-state index in [4.69, 9.17) is 11.6 Å². The summed E-state index contributed by atoms with van der Waals surface area (Å²) in [6.45, 7) is 4.22. The van der Waals surface area contributed by atoms with Crippen LogP contribution in [0.4, 0.5) is 0 Å². The van der Waals surface area contributed by atoms with Gasteiger partial charge in [0.2, 0.25) is 17.7 Å². The number of hydrogen-bond donors (Lipinski definition) is 1. The maximum atomic E-state index is 12.5. The molecule has 3 rings (SSSR count). The maximum absolute atomic E-state index is 12.5. The third-order valence-corrected chi connectivity index (χ3v) is 5.11. The van der Waals surface area contributed by atoms with Gasteiger partial charge in [0.1, 0.15) is 0 Å². The second-order valence-electron chi connectivity index (χ2n) is 6.62. The number of carbonyl (C=O) groups excluding carboxylic acids is 3. The third kappa shape index (κ3) is 4.31. The topological polar surface area (TPSA) is 69.7 Å². The molecule has 2 aliphatic rings. The molecule has 0 aromatic heterocycles. The molecule has 1 saturated heterocycles. The van der Waals surface area contributed by atoms with Gasteiger partial charge in [-0.3, -0.25) is 14.4 Å². The lowest BCUT2D eigenvalue weighted by molar-refractivity contribution is -0.140. The van der Waals surface area contributed by atoms with Crippen molar-refractivity contribution < 1.29 is 14.4 Å². The summed E-state index contributed by atoms with van der Waals surface area (Å²) in [4.78, 5) is 39.6. The molecule has 1 aromatic rings. The Morgan fingerprint density at radius 2 is 1.64 bits per heavy atom. The minimum absolute atomic E-state index is 0.0369. The van der Waals surface area contributed by atoms with Crippen molar-refractivity contribution in [3.8, 4) is 0 Å². The van der Waals surface area contributed by atoms with E-state index in [0.717, 1.165) is 5.56 Å². The Kier molecular flexibility index (Phi) is 5.27. The van der Waals surface area contributed by atoms with E-state index in [1.165, 1.54) is 0 Å². The molecular formula is C18H22ClN3O3. The van der Waals surface area contributed by atoms with Crippen LogP contribution in [0.25, 0.3) is 0 Å². The first-order chi connectivity index (χ1) is 12.0. The number of nitrogens with zero attached hydrogens (tertiary/aromatic N) is 2. The van der Waals surface area contributed by atoms with Crippen LogP contribution in [0.15, 0.2) is 24.3 Å². The van der Waals surface area contributed by atoms with E-state index >= 15 is 0 Å². The van der Waals surface area contributed by atoms with E-state index in [2.05, 4.69) is 5.32 Å². The molecule has 6 nitrogen and oxygen atoms in total. The number of rotatable bonds is 4. The first-order valence-corrected chi connectivity index (χ1v) is 8.90. The number of nitrogens with one attached hydrogen (secondary N) is 1. The number of halogens is 1. The summed E-state index contributed by atoms with van der Waals surface area (Å²) in [6, 6.07) is 7.31. The second-order valence-corrected chi connectivity index (χ2v) is 7.06. The molecule has 2 unspecified atom stereocenters. The molecule has 1 saturated carbocycles. The predicted octanol–water partition coefficient (Wildman–Crippen LogP) is 1.28. The quantitative estimate of drug-likeness (QED) is 0.876. The Morgan fingerprint density at radius 3 is 2.24 bits per heavy atom. The smallest absolute Gasteiger partial charge is 0.226 e. The molecule has 134 valence electrons. The highest BCUT2D eigenvalue weighted by Gasteiger charge is 2.49. The summed E-state index contributed by atoms with van der Waals surface area (Å²) < 4.78 is 0. The van der Waals surface area contributed by atoms with Crippen LogP contribution in [0.5, 0.6) is 0 Å². The van der Waals surface area contributed by atoms with Crippen molar-refractivity contribution in [1.29, 1.82) is 0 Å². The van der Waals surface area contributed by atoms with Gasteiger partial charge in [0, 0.05) is 44.7 Å². The van der Waals surface area contributed by atoms with Gasteiger partial charge < -0.3 is 15.1 Å². The van der Waals surface area contributed by atoms with Crippen molar-refractivity contribution >= 4 is 29.3 Å². The van der Waals surface area contributed by atoms with Gasteiger partial charge in [-0.15, -0.1) is 0 Å². The standard InChI is InChI=1S/C18H22ClN3O3/c1-12(23)21-6-8-22(9-7-21)18(25)16-10-15(16)17(24)20-11-13-2-4-14(19)5-3-13/h2-5,15-16H,6-11H2,1H3,(H,20,24). The first kappa shape index (κ1) is 17.7. The van der Waals surface area contributed by atoms with Crippen LogP contribution in [-0.4, -0.2) is 53.7 Å². The van der Waals surface area contributed by atoms with Crippen LogP contribution in [0.2, 0.25) is 5.02 Å². The van der Waals surface area contributed by atoms with Gasteiger partial charge in [0.15, 0.2) is 0 Å². The molecule has 25 heavy (non-hydrogen) atoms. The fourth-order valence-electron chi connectivity index (χ4n) is 3.16. The van der Waals surface area contributed by atoms with Crippen LogP contribution in [-0.2, 0) is 20.9 Å². The number of carbonyl (C=O) groups is 3. The SMILES string of the molecule is CC(=O)N1CCN(C(=O)C2CC2C(=O)NCc2ccc(Cl)cc2)CC1. The van der Waals surface area contributed by atoms with Crippen molar-refractivity contribution in [3.05, 3.63) is 34.9 Å². The van der Waals surface area contributed by atoms with Crippen LogP contribution in [0.3, 0.4) is 0 Å². The molecule has 1 N–H and O–H groups in total. The molecule has 7 heteroatoms. The van der Waals surface area contributed by atoms with Crippen LogP contribution in [0.1, 0.15) is 18.9 Å². The number of piperazine rings is 1. The molecule has 0 bridgehead atoms. The van der Waals surface area contributed by atoms with Gasteiger partial charge in [-0.2, -0.15) is 0 Å². The Morgan fingerprint density at radius 1 is 1.04 bits per heavy atom. The summed E-state index contributed by atoms with van der Waals surface area (Å²) in [6.07, 6.45) is 0.609. The molecule has 0 spiro atoms. The summed E-state index contributed by atoms with van der Waals surface area (Å²) in [7, 11) is 0. The van der Waals surface area contributed by atoms with E-state index in [-0.39, 0.29) is 29.6 Å². The van der Waals surface area contributed by atoms with E-state index < -0.39 is 0 Å². The minimum atomic E-state index is -0.231. The van der Waals surface area contributed by atoms with E-state index in [1.807, 2.05) is 12.1 Å². The average Bonchev–Trinajstić information content (AvgIpc) is 3.41. The van der Waals surface area contributed by atoms with Gasteiger partial charge in [-0.05, 0) is 24.1 Å². The summed E-state index contributed by atoms with van der Waals surface area (Å²) in [5.74, 6) is -0.441. The van der Waals surface area contributed by atoms with Gasteiger partial charge in [0.05, 0.1) is 11.8 Å². The molecular weight excluding hydrogens is 342 g/mol. The molecule has 1 aromatic carbocycles. The largest absolute Gasteiger partial charge is 0.352 e. The number of hydrogen-bond acceptors (Lipinski definition) is 3. The maximum Gasteiger partial charge on any atom is 0.226 e. The molecule has 2 atom stereocenters. The summed E-state index contributed by atoms with van der Waals surface area (Å²) in [5.41, 5.74) is 0.974. The van der Waals surface area contributed by atoms with E-state index in [9.17, 15) is 14.4 Å². The summed E-state index contributed by atoms with van der Waals surface area (Å²) >= 11 is 5.84. The van der Waals surface area contributed by atoms with Gasteiger partial charge in [-0.25, -0.2) is 0 Å². The van der Waals surface area contributed by atoms with Crippen LogP contribution in [0, 0.1) is 11.8 Å². The zero-order valence-electron chi connectivity index (χ0n) is 14.2. The highest BCUT2D eigenvalue weighted by Crippen LogP contribution is 2.40. The molecule has 0 radical (unpaired) electrons. The van der Waals surface area contributed by atoms with Crippen molar-refractivity contribution in [2.24, 2.45) is 11.8 Å². The lowest BCUT2D eigenvalue weighted by Gasteiger charge is -2.34. The Balaban J connectivity index is 1.44. The second kappa shape index (κ2) is 7.44. The Bertz CT molecular complexity index is 669. The number of benzene rings is 1. The predicted molar refractivity (Wildman–Crippen MR) is 93.7 cm³/mol. The summed E-state index contributed by atoms with van der Waals surface area (Å²) in [5, 5.41) is 3.54. The van der Waals surface area contributed by atoms with Crippen LogP contribution >= 0.6 is 11.6 Å². The van der Waals surface area contributed by atoms with Crippen molar-refractivity contribution in [2.45, 2.75) is 19.9 Å². The highest BCUT2D eigenvalue weighted by molar-refractivity contribution is 6.30. The lowest BCUT2D eigenvalue weighted by Crippen LogP contribution is -2.50.